The third kappa shape index (κ3) is 4.33. The molecule has 5 rings (SSSR count). The van der Waals surface area contributed by atoms with Crippen molar-refractivity contribution in [1.29, 1.82) is 0 Å². The van der Waals surface area contributed by atoms with E-state index in [9.17, 15) is 9.90 Å². The second-order valence-electron chi connectivity index (χ2n) is 8.79. The van der Waals surface area contributed by atoms with Crippen LogP contribution in [0.5, 0.6) is 5.75 Å². The highest BCUT2D eigenvalue weighted by Gasteiger charge is 2.32. The highest BCUT2D eigenvalue weighted by Crippen LogP contribution is 2.44. The summed E-state index contributed by atoms with van der Waals surface area (Å²) in [5, 5.41) is 15.0. The number of carboxylic acids is 1. The molecule has 2 heterocycles. The zero-order valence-electron chi connectivity index (χ0n) is 18.3. The summed E-state index contributed by atoms with van der Waals surface area (Å²) in [4.78, 5) is 16.1. The van der Waals surface area contributed by atoms with E-state index in [0.29, 0.717) is 41.0 Å². The number of fused-ring (bicyclic) bond motifs is 1. The maximum absolute atomic E-state index is 11.3. The summed E-state index contributed by atoms with van der Waals surface area (Å²) in [6.45, 7) is 3.00. The number of halogens is 1. The zero-order chi connectivity index (χ0) is 23.2. The molecule has 0 spiro atoms. The van der Waals surface area contributed by atoms with Crippen LogP contribution >= 0.6 is 11.6 Å². The molecule has 0 bridgehead atoms. The van der Waals surface area contributed by atoms with E-state index in [0.717, 1.165) is 40.9 Å². The van der Waals surface area contributed by atoms with Crippen molar-refractivity contribution < 1.29 is 23.6 Å². The molecule has 0 amide bonds. The Morgan fingerprint density at radius 2 is 1.94 bits per heavy atom. The molecule has 0 unspecified atom stereocenters. The quantitative estimate of drug-likeness (QED) is 0.338. The summed E-state index contributed by atoms with van der Waals surface area (Å²) < 4.78 is 17.2. The normalized spacial score (nSPS) is 14.0. The van der Waals surface area contributed by atoms with Crippen LogP contribution < -0.4 is 4.74 Å². The maximum atomic E-state index is 11.3. The smallest absolute Gasteiger partial charge is 0.347 e. The third-order valence-corrected chi connectivity index (χ3v) is 6.11. The number of aliphatic carboxylic acids is 1. The van der Waals surface area contributed by atoms with Crippen LogP contribution in [0.4, 0.5) is 0 Å². The topological polar surface area (TPSA) is 98.6 Å². The molecule has 0 atom stereocenters. The van der Waals surface area contributed by atoms with E-state index in [1.54, 1.807) is 12.1 Å². The van der Waals surface area contributed by atoms with Crippen LogP contribution in [0.1, 0.15) is 49.8 Å². The van der Waals surface area contributed by atoms with Gasteiger partial charge in [0, 0.05) is 17.4 Å². The van der Waals surface area contributed by atoms with E-state index < -0.39 is 11.6 Å². The minimum Gasteiger partial charge on any atom is -0.478 e. The van der Waals surface area contributed by atoms with E-state index >= 15 is 0 Å². The fraction of sp³-hybridized carbons (Fsp3) is 0.320. The van der Waals surface area contributed by atoms with Gasteiger partial charge in [0.25, 0.3) is 0 Å². The summed E-state index contributed by atoms with van der Waals surface area (Å²) in [5.41, 5.74) is 1.71. The monoisotopic (exact) mass is 466 g/mol. The van der Waals surface area contributed by atoms with Gasteiger partial charge in [0.1, 0.15) is 11.5 Å². The van der Waals surface area contributed by atoms with Crippen LogP contribution in [0.25, 0.3) is 22.4 Å². The Balaban J connectivity index is 1.37. The lowest BCUT2D eigenvalue weighted by molar-refractivity contribution is -0.152. The molecule has 1 aliphatic rings. The van der Waals surface area contributed by atoms with Gasteiger partial charge in [-0.25, -0.2) is 9.78 Å². The molecular weight excluding hydrogens is 444 g/mol. The molecule has 7 nitrogen and oxygen atoms in total. The molecule has 0 aliphatic heterocycles. The van der Waals surface area contributed by atoms with Crippen molar-refractivity contribution >= 4 is 28.5 Å². The van der Waals surface area contributed by atoms with Crippen molar-refractivity contribution in [2.75, 3.05) is 0 Å². The van der Waals surface area contributed by atoms with Gasteiger partial charge < -0.3 is 18.8 Å². The number of carboxylic acid groups (broad SMARTS) is 1. The average Bonchev–Trinajstić information content (AvgIpc) is 3.41. The summed E-state index contributed by atoms with van der Waals surface area (Å²) in [5.74, 6) is 1.26. The number of hydrogen-bond acceptors (Lipinski definition) is 6. The summed E-state index contributed by atoms with van der Waals surface area (Å²) in [6.07, 6.45) is 3.49. The first kappa shape index (κ1) is 21.5. The molecule has 170 valence electrons. The Morgan fingerprint density at radius 1 is 1.18 bits per heavy atom. The van der Waals surface area contributed by atoms with Gasteiger partial charge in [-0.05, 0) is 63.8 Å². The van der Waals surface area contributed by atoms with Crippen molar-refractivity contribution in [2.45, 2.75) is 51.0 Å². The fourth-order valence-corrected chi connectivity index (χ4v) is 3.96. The second-order valence-corrected chi connectivity index (χ2v) is 9.20. The summed E-state index contributed by atoms with van der Waals surface area (Å²) in [6, 6.07) is 12.8. The number of aromatic nitrogens is 2. The predicted octanol–water partition coefficient (Wildman–Crippen LogP) is 6.04. The lowest BCUT2D eigenvalue weighted by atomic mass is 10.1. The minimum absolute atomic E-state index is 0.412. The van der Waals surface area contributed by atoms with Crippen molar-refractivity contribution in [3.8, 4) is 17.2 Å². The number of ether oxygens (including phenoxy) is 1. The highest BCUT2D eigenvalue weighted by atomic mass is 35.5. The number of hydrogen-bond donors (Lipinski definition) is 1. The van der Waals surface area contributed by atoms with Gasteiger partial charge >= 0.3 is 5.97 Å². The number of benzene rings is 2. The number of carbonyl (C=O) groups is 1. The Kier molecular flexibility index (Phi) is 5.37. The SMILES string of the molecule is CC(C)(Oc1ccc2c(CCc3nc(-c4ccccc4Cl)oc3C3CC3)noc2c1)C(=O)O. The van der Waals surface area contributed by atoms with E-state index in [1.807, 2.05) is 30.3 Å². The van der Waals surface area contributed by atoms with Gasteiger partial charge in [0.05, 0.1) is 22.0 Å². The molecule has 2 aromatic carbocycles. The number of oxazole rings is 1. The van der Waals surface area contributed by atoms with Crippen LogP contribution in [0.3, 0.4) is 0 Å². The molecule has 4 aromatic rings. The molecule has 33 heavy (non-hydrogen) atoms. The molecular formula is C25H23ClN2O5. The summed E-state index contributed by atoms with van der Waals surface area (Å²) >= 11 is 6.34. The molecule has 0 radical (unpaired) electrons. The Bertz CT molecular complexity index is 1340. The number of nitrogens with zero attached hydrogens (tertiary/aromatic N) is 2. The lowest BCUT2D eigenvalue weighted by Gasteiger charge is -2.21. The number of aryl methyl sites for hydroxylation is 2. The molecule has 1 saturated carbocycles. The van der Waals surface area contributed by atoms with Gasteiger partial charge in [-0.15, -0.1) is 0 Å². The first-order chi connectivity index (χ1) is 15.8. The molecule has 8 heteroatoms. The zero-order valence-corrected chi connectivity index (χ0v) is 19.1. The van der Waals surface area contributed by atoms with Gasteiger partial charge in [0.2, 0.25) is 5.89 Å². The second kappa shape index (κ2) is 8.23. The Hall–Kier alpha value is -3.32. The first-order valence-corrected chi connectivity index (χ1v) is 11.2. The van der Waals surface area contributed by atoms with E-state index in [4.69, 9.17) is 30.3 Å². The molecule has 2 aromatic heterocycles. The van der Waals surface area contributed by atoms with E-state index in [2.05, 4.69) is 5.16 Å². The average molecular weight is 467 g/mol. The van der Waals surface area contributed by atoms with Gasteiger partial charge in [0.15, 0.2) is 11.2 Å². The largest absolute Gasteiger partial charge is 0.478 e. The third-order valence-electron chi connectivity index (χ3n) is 5.78. The minimum atomic E-state index is -1.35. The fourth-order valence-electron chi connectivity index (χ4n) is 3.75. The molecule has 1 N–H and O–H groups in total. The maximum Gasteiger partial charge on any atom is 0.347 e. The van der Waals surface area contributed by atoms with Crippen LogP contribution in [0, 0.1) is 0 Å². The summed E-state index contributed by atoms with van der Waals surface area (Å²) in [7, 11) is 0. The standard InChI is InChI=1S/C25H23ClN2O5/c1-25(2,24(29)30)32-15-9-10-17-19(28-33-21(17)13-15)11-12-20-22(14-7-8-14)31-23(27-20)16-5-3-4-6-18(16)26/h3-6,9-10,13-14H,7-8,11-12H2,1-2H3,(H,29,30). The van der Waals surface area contributed by atoms with Gasteiger partial charge in [-0.1, -0.05) is 28.9 Å². The molecule has 1 aliphatic carbocycles. The van der Waals surface area contributed by atoms with Gasteiger partial charge in [-0.2, -0.15) is 0 Å². The van der Waals surface area contributed by atoms with E-state index in [1.165, 1.54) is 13.8 Å². The van der Waals surface area contributed by atoms with Crippen molar-refractivity contribution in [2.24, 2.45) is 0 Å². The van der Waals surface area contributed by atoms with Crippen molar-refractivity contribution in [3.05, 3.63) is 64.6 Å². The van der Waals surface area contributed by atoms with E-state index in [-0.39, 0.29) is 0 Å². The lowest BCUT2D eigenvalue weighted by Crippen LogP contribution is -2.37. The van der Waals surface area contributed by atoms with Crippen LogP contribution in [0.15, 0.2) is 51.4 Å². The van der Waals surface area contributed by atoms with Gasteiger partial charge in [-0.3, -0.25) is 0 Å². The van der Waals surface area contributed by atoms with Crippen molar-refractivity contribution in [1.82, 2.24) is 10.1 Å². The number of rotatable bonds is 8. The molecule has 1 fully saturated rings. The van der Waals surface area contributed by atoms with Crippen LogP contribution in [-0.4, -0.2) is 26.8 Å². The molecule has 0 saturated heterocycles. The van der Waals surface area contributed by atoms with Crippen molar-refractivity contribution in [3.63, 3.8) is 0 Å². The Labute approximate surface area is 195 Å². The van der Waals surface area contributed by atoms with Crippen LogP contribution in [0.2, 0.25) is 5.02 Å². The predicted molar refractivity (Wildman–Crippen MR) is 123 cm³/mol. The van der Waals surface area contributed by atoms with Crippen LogP contribution in [-0.2, 0) is 17.6 Å². The first-order valence-electron chi connectivity index (χ1n) is 10.9. The highest BCUT2D eigenvalue weighted by molar-refractivity contribution is 6.33. The Morgan fingerprint density at radius 3 is 2.67 bits per heavy atom.